The van der Waals surface area contributed by atoms with Gasteiger partial charge in [0.15, 0.2) is 0 Å². The predicted molar refractivity (Wildman–Crippen MR) is 75.5 cm³/mol. The Morgan fingerprint density at radius 1 is 1.50 bits per heavy atom. The Balaban J connectivity index is 2.28. The summed E-state index contributed by atoms with van der Waals surface area (Å²) < 4.78 is 5.67. The summed E-state index contributed by atoms with van der Waals surface area (Å²) >= 11 is 2.22. The highest BCUT2D eigenvalue weighted by Gasteiger charge is 2.26. The molecule has 1 aliphatic heterocycles. The van der Waals surface area contributed by atoms with Crippen molar-refractivity contribution in [1.82, 2.24) is 4.90 Å². The Kier molecular flexibility index (Phi) is 3.89. The van der Waals surface area contributed by atoms with Crippen molar-refractivity contribution >= 4 is 34.5 Å². The lowest BCUT2D eigenvalue weighted by Crippen LogP contribution is -2.41. The number of rotatable bonds is 2. The van der Waals surface area contributed by atoms with Gasteiger partial charge in [0.2, 0.25) is 0 Å². The van der Waals surface area contributed by atoms with Crippen molar-refractivity contribution in [2.45, 2.75) is 13.3 Å². The van der Waals surface area contributed by atoms with Crippen molar-refractivity contribution in [3.63, 3.8) is 0 Å². The Bertz CT molecular complexity index is 513. The molecule has 1 heterocycles. The van der Waals surface area contributed by atoms with Crippen molar-refractivity contribution in [3.05, 3.63) is 32.4 Å². The third kappa shape index (κ3) is 2.50. The Morgan fingerprint density at radius 3 is 2.89 bits per heavy atom. The summed E-state index contributed by atoms with van der Waals surface area (Å²) in [7, 11) is 1.33. The minimum Gasteiger partial charge on any atom is -0.468 e. The number of hydrogen-bond acceptors (Lipinski definition) is 3. The first kappa shape index (κ1) is 13.3. The minimum absolute atomic E-state index is 0.0270. The summed E-state index contributed by atoms with van der Waals surface area (Å²) in [4.78, 5) is 25.0. The van der Waals surface area contributed by atoms with Gasteiger partial charge < -0.3 is 9.64 Å². The van der Waals surface area contributed by atoms with E-state index in [1.165, 1.54) is 12.7 Å². The number of methoxy groups -OCH3 is 1. The highest BCUT2D eigenvalue weighted by atomic mass is 127. The van der Waals surface area contributed by atoms with Gasteiger partial charge in [0, 0.05) is 15.7 Å². The van der Waals surface area contributed by atoms with Crippen LogP contribution in [0, 0.1) is 10.5 Å². The van der Waals surface area contributed by atoms with Crippen LogP contribution in [0.2, 0.25) is 0 Å². The monoisotopic (exact) mass is 359 g/mol. The molecule has 0 atom stereocenters. The molecule has 0 fully saturated rings. The van der Waals surface area contributed by atoms with E-state index in [9.17, 15) is 9.59 Å². The molecule has 0 saturated heterocycles. The third-order valence-corrected chi connectivity index (χ3v) is 4.26. The summed E-state index contributed by atoms with van der Waals surface area (Å²) in [5, 5.41) is 0. The van der Waals surface area contributed by atoms with Crippen LogP contribution in [-0.2, 0) is 16.0 Å². The van der Waals surface area contributed by atoms with Crippen molar-refractivity contribution < 1.29 is 14.3 Å². The summed E-state index contributed by atoms with van der Waals surface area (Å²) in [6.07, 6.45) is 0.788. The first-order chi connectivity index (χ1) is 8.52. The fourth-order valence-corrected chi connectivity index (χ4v) is 2.51. The van der Waals surface area contributed by atoms with Crippen LogP contribution in [0.5, 0.6) is 0 Å². The number of aryl methyl sites for hydroxylation is 1. The Hall–Kier alpha value is -1.11. The van der Waals surface area contributed by atoms with Crippen LogP contribution in [0.1, 0.15) is 21.5 Å². The van der Waals surface area contributed by atoms with Crippen LogP contribution in [0.3, 0.4) is 0 Å². The second-order valence-electron chi connectivity index (χ2n) is 4.31. The summed E-state index contributed by atoms with van der Waals surface area (Å²) in [6.45, 7) is 2.63. The second kappa shape index (κ2) is 5.26. The minimum atomic E-state index is -0.381. The van der Waals surface area contributed by atoms with Crippen molar-refractivity contribution in [1.29, 1.82) is 0 Å². The topological polar surface area (TPSA) is 46.6 Å². The summed E-state index contributed by atoms with van der Waals surface area (Å²) in [5.74, 6) is -0.465. The molecule has 5 heteroatoms. The highest BCUT2D eigenvalue weighted by molar-refractivity contribution is 14.1. The lowest BCUT2D eigenvalue weighted by atomic mass is 9.97. The lowest BCUT2D eigenvalue weighted by Gasteiger charge is -2.28. The van der Waals surface area contributed by atoms with Crippen molar-refractivity contribution in [2.24, 2.45) is 0 Å². The molecule has 1 aromatic rings. The molecule has 18 heavy (non-hydrogen) atoms. The first-order valence-electron chi connectivity index (χ1n) is 5.68. The average molecular weight is 359 g/mol. The van der Waals surface area contributed by atoms with Crippen LogP contribution in [-0.4, -0.2) is 37.0 Å². The highest BCUT2D eigenvalue weighted by Crippen LogP contribution is 2.24. The van der Waals surface area contributed by atoms with Crippen LogP contribution in [0.15, 0.2) is 12.1 Å². The van der Waals surface area contributed by atoms with E-state index in [0.717, 1.165) is 15.6 Å². The zero-order valence-electron chi connectivity index (χ0n) is 10.3. The van der Waals surface area contributed by atoms with Gasteiger partial charge >= 0.3 is 5.97 Å². The van der Waals surface area contributed by atoms with Crippen LogP contribution < -0.4 is 0 Å². The molecule has 0 radical (unpaired) electrons. The molecule has 1 aromatic carbocycles. The van der Waals surface area contributed by atoms with Crippen LogP contribution in [0.25, 0.3) is 0 Å². The molecule has 1 aliphatic rings. The number of carbonyl (C=O) groups is 2. The number of esters is 1. The Morgan fingerprint density at radius 2 is 2.22 bits per heavy atom. The van der Waals surface area contributed by atoms with E-state index in [0.29, 0.717) is 12.1 Å². The third-order valence-electron chi connectivity index (χ3n) is 3.10. The van der Waals surface area contributed by atoms with E-state index < -0.39 is 0 Å². The van der Waals surface area contributed by atoms with Gasteiger partial charge in [-0.25, -0.2) is 0 Å². The smallest absolute Gasteiger partial charge is 0.325 e. The fraction of sp³-hybridized carbons (Fsp3) is 0.385. The van der Waals surface area contributed by atoms with Gasteiger partial charge in [-0.15, -0.1) is 0 Å². The van der Waals surface area contributed by atoms with Gasteiger partial charge in [-0.2, -0.15) is 0 Å². The summed E-state index contributed by atoms with van der Waals surface area (Å²) in [5.41, 5.74) is 2.96. The SMILES string of the molecule is COC(=O)CN1CCc2cc(C)c(I)cc2C1=O. The average Bonchev–Trinajstić information content (AvgIpc) is 2.35. The zero-order chi connectivity index (χ0) is 13.3. The van der Waals surface area contributed by atoms with Crippen LogP contribution in [0.4, 0.5) is 0 Å². The predicted octanol–water partition coefficient (Wildman–Crippen LogP) is 1.77. The number of ether oxygens (including phenoxy) is 1. The molecule has 96 valence electrons. The maximum atomic E-state index is 12.2. The molecule has 0 unspecified atom stereocenters. The van der Waals surface area contributed by atoms with Crippen molar-refractivity contribution in [2.75, 3.05) is 20.2 Å². The van der Waals surface area contributed by atoms with E-state index in [1.54, 1.807) is 4.90 Å². The van der Waals surface area contributed by atoms with Crippen molar-refractivity contribution in [3.8, 4) is 0 Å². The number of carbonyl (C=O) groups excluding carboxylic acids is 2. The summed E-state index contributed by atoms with van der Waals surface area (Å²) in [6, 6.07) is 3.96. The largest absolute Gasteiger partial charge is 0.468 e. The van der Waals surface area contributed by atoms with Crippen LogP contribution >= 0.6 is 22.6 Å². The van der Waals surface area contributed by atoms with E-state index in [-0.39, 0.29) is 18.4 Å². The molecule has 2 rings (SSSR count). The fourth-order valence-electron chi connectivity index (χ4n) is 2.05. The number of amides is 1. The molecule has 0 aromatic heterocycles. The van der Waals surface area contributed by atoms with Gasteiger partial charge in [-0.1, -0.05) is 6.07 Å². The number of fused-ring (bicyclic) bond motifs is 1. The van der Waals surface area contributed by atoms with E-state index in [1.807, 2.05) is 13.0 Å². The maximum absolute atomic E-state index is 12.2. The van der Waals surface area contributed by atoms with E-state index in [2.05, 4.69) is 33.4 Å². The van der Waals surface area contributed by atoms with Gasteiger partial charge in [-0.05, 0) is 53.1 Å². The van der Waals surface area contributed by atoms with E-state index in [4.69, 9.17) is 0 Å². The van der Waals surface area contributed by atoms with E-state index >= 15 is 0 Å². The molecule has 0 aliphatic carbocycles. The Labute approximate surface area is 119 Å². The molecule has 0 bridgehead atoms. The molecule has 0 saturated carbocycles. The molecule has 0 spiro atoms. The molecule has 4 nitrogen and oxygen atoms in total. The quantitative estimate of drug-likeness (QED) is 0.597. The molecule has 0 N–H and O–H groups in total. The standard InChI is InChI=1S/C13H14INO3/c1-8-5-9-3-4-15(7-12(16)18-2)13(17)10(9)6-11(8)14/h5-6H,3-4,7H2,1-2H3. The lowest BCUT2D eigenvalue weighted by molar-refractivity contribution is -0.141. The number of nitrogens with zero attached hydrogens (tertiary/aromatic N) is 1. The second-order valence-corrected chi connectivity index (χ2v) is 5.47. The van der Waals surface area contributed by atoms with Gasteiger partial charge in [0.05, 0.1) is 7.11 Å². The zero-order valence-corrected chi connectivity index (χ0v) is 12.5. The molecular formula is C13H14INO3. The number of halogens is 1. The number of hydrogen-bond donors (Lipinski definition) is 0. The van der Waals surface area contributed by atoms with Gasteiger partial charge in [0.1, 0.15) is 6.54 Å². The normalized spacial score (nSPS) is 14.4. The first-order valence-corrected chi connectivity index (χ1v) is 6.76. The maximum Gasteiger partial charge on any atom is 0.325 e. The number of benzene rings is 1. The van der Waals surface area contributed by atoms with Gasteiger partial charge in [0.25, 0.3) is 5.91 Å². The molecular weight excluding hydrogens is 345 g/mol. The molecule has 1 amide bonds. The van der Waals surface area contributed by atoms with Gasteiger partial charge in [-0.3, -0.25) is 9.59 Å².